The number of aryl methyl sites for hydroxylation is 1. The Balaban J connectivity index is 1.73. The Kier molecular flexibility index (Phi) is 5.76. The van der Waals surface area contributed by atoms with E-state index < -0.39 is 0 Å². The topological polar surface area (TPSA) is 71.1 Å². The zero-order chi connectivity index (χ0) is 21.8. The van der Waals surface area contributed by atoms with E-state index in [1.165, 1.54) is 0 Å². The second kappa shape index (κ2) is 8.79. The Hall–Kier alpha value is -3.99. The minimum absolute atomic E-state index is 0.0752. The summed E-state index contributed by atoms with van der Waals surface area (Å²) >= 11 is 0. The van der Waals surface area contributed by atoms with Crippen molar-refractivity contribution < 1.29 is 9.59 Å². The number of rotatable bonds is 5. The van der Waals surface area contributed by atoms with Crippen LogP contribution in [0.1, 0.15) is 29.3 Å². The molecule has 0 aliphatic rings. The number of hydrogen-bond acceptors (Lipinski definition) is 3. The Morgan fingerprint density at radius 3 is 2.39 bits per heavy atom. The maximum absolute atomic E-state index is 13.3. The van der Waals surface area contributed by atoms with Crippen LogP contribution < -0.4 is 10.6 Å². The van der Waals surface area contributed by atoms with Crippen LogP contribution in [-0.2, 0) is 4.79 Å². The van der Waals surface area contributed by atoms with Crippen LogP contribution in [0.4, 0.5) is 11.4 Å². The van der Waals surface area contributed by atoms with Gasteiger partial charge in [0.2, 0.25) is 5.91 Å². The molecule has 4 aromatic rings. The summed E-state index contributed by atoms with van der Waals surface area (Å²) in [5.74, 6) is -0.299. The van der Waals surface area contributed by atoms with E-state index >= 15 is 0 Å². The molecule has 0 aliphatic heterocycles. The van der Waals surface area contributed by atoms with Crippen LogP contribution in [0.5, 0.6) is 0 Å². The van der Waals surface area contributed by atoms with E-state index in [9.17, 15) is 9.59 Å². The Bertz CT molecular complexity index is 1270. The number of pyridine rings is 1. The van der Waals surface area contributed by atoms with Crippen molar-refractivity contribution in [2.75, 3.05) is 10.6 Å². The predicted octanol–water partition coefficient (Wildman–Crippen LogP) is 5.81. The minimum atomic E-state index is -0.224. The average Bonchev–Trinajstić information content (AvgIpc) is 2.81. The van der Waals surface area contributed by atoms with Crippen LogP contribution >= 0.6 is 0 Å². The molecule has 0 fully saturated rings. The van der Waals surface area contributed by atoms with Crippen molar-refractivity contribution in [1.82, 2.24) is 4.98 Å². The normalized spacial score (nSPS) is 10.6. The van der Waals surface area contributed by atoms with Crippen molar-refractivity contribution in [3.63, 3.8) is 0 Å². The molecular weight excluding hydrogens is 386 g/mol. The molecule has 0 saturated carbocycles. The van der Waals surface area contributed by atoms with Gasteiger partial charge in [0.25, 0.3) is 5.91 Å². The number of nitrogens with one attached hydrogen (secondary N) is 2. The summed E-state index contributed by atoms with van der Waals surface area (Å²) < 4.78 is 0. The number of para-hydroxylation sites is 1. The van der Waals surface area contributed by atoms with Gasteiger partial charge in [-0.3, -0.25) is 9.59 Å². The van der Waals surface area contributed by atoms with Gasteiger partial charge >= 0.3 is 0 Å². The molecule has 0 spiro atoms. The molecule has 0 atom stereocenters. The number of carbonyl (C=O) groups excluding carboxylic acids is 2. The molecule has 31 heavy (non-hydrogen) atoms. The van der Waals surface area contributed by atoms with E-state index in [0.29, 0.717) is 23.4 Å². The van der Waals surface area contributed by atoms with Gasteiger partial charge in [-0.05, 0) is 36.8 Å². The number of anilines is 2. The predicted molar refractivity (Wildman–Crippen MR) is 125 cm³/mol. The molecule has 3 aromatic carbocycles. The van der Waals surface area contributed by atoms with E-state index in [0.717, 1.165) is 27.7 Å². The van der Waals surface area contributed by atoms with Gasteiger partial charge in [-0.1, -0.05) is 61.5 Å². The fourth-order valence-corrected chi connectivity index (χ4v) is 3.39. The van der Waals surface area contributed by atoms with E-state index in [4.69, 9.17) is 4.98 Å². The molecule has 5 nitrogen and oxygen atoms in total. The maximum Gasteiger partial charge on any atom is 0.256 e. The number of amides is 2. The van der Waals surface area contributed by atoms with Crippen LogP contribution in [0.2, 0.25) is 0 Å². The average molecular weight is 409 g/mol. The maximum atomic E-state index is 13.3. The molecule has 154 valence electrons. The van der Waals surface area contributed by atoms with E-state index in [-0.39, 0.29) is 11.8 Å². The number of benzene rings is 3. The molecule has 0 radical (unpaired) electrons. The highest BCUT2D eigenvalue weighted by molar-refractivity contribution is 6.13. The first kappa shape index (κ1) is 20.3. The molecular formula is C26H23N3O2. The fraction of sp³-hybridized carbons (Fsp3) is 0.115. The summed E-state index contributed by atoms with van der Waals surface area (Å²) in [6, 6.07) is 24.7. The molecule has 1 aromatic heterocycles. The first-order chi connectivity index (χ1) is 15.0. The highest BCUT2D eigenvalue weighted by Crippen LogP contribution is 2.27. The summed E-state index contributed by atoms with van der Waals surface area (Å²) in [5.41, 5.74) is 5.21. The van der Waals surface area contributed by atoms with Crippen LogP contribution in [0.3, 0.4) is 0 Å². The van der Waals surface area contributed by atoms with Gasteiger partial charge in [0, 0.05) is 28.7 Å². The van der Waals surface area contributed by atoms with Crippen molar-refractivity contribution in [2.45, 2.75) is 20.3 Å². The molecule has 0 unspecified atom stereocenters. The van der Waals surface area contributed by atoms with E-state index in [1.54, 1.807) is 13.0 Å². The van der Waals surface area contributed by atoms with Crippen molar-refractivity contribution in [1.29, 1.82) is 0 Å². The third-order valence-electron chi connectivity index (χ3n) is 5.12. The number of fused-ring (bicyclic) bond motifs is 1. The highest BCUT2D eigenvalue weighted by atomic mass is 16.2. The van der Waals surface area contributed by atoms with Crippen molar-refractivity contribution >= 4 is 34.1 Å². The largest absolute Gasteiger partial charge is 0.326 e. The van der Waals surface area contributed by atoms with Gasteiger partial charge in [-0.2, -0.15) is 0 Å². The minimum Gasteiger partial charge on any atom is -0.326 e. The third-order valence-corrected chi connectivity index (χ3v) is 5.12. The Labute approximate surface area is 181 Å². The second-order valence-electron chi connectivity index (χ2n) is 7.32. The van der Waals surface area contributed by atoms with Crippen LogP contribution in [0.15, 0.2) is 78.9 Å². The summed E-state index contributed by atoms with van der Waals surface area (Å²) in [7, 11) is 0. The lowest BCUT2D eigenvalue weighted by Gasteiger charge is -2.13. The molecule has 5 heteroatoms. The lowest BCUT2D eigenvalue weighted by atomic mass is 10.0. The van der Waals surface area contributed by atoms with E-state index in [2.05, 4.69) is 10.6 Å². The lowest BCUT2D eigenvalue weighted by Crippen LogP contribution is -2.15. The van der Waals surface area contributed by atoms with Gasteiger partial charge < -0.3 is 10.6 Å². The number of carbonyl (C=O) groups is 2. The molecule has 0 saturated heterocycles. The number of nitrogens with zero attached hydrogens (tertiary/aromatic N) is 1. The molecule has 0 aliphatic carbocycles. The molecule has 1 heterocycles. The zero-order valence-corrected chi connectivity index (χ0v) is 17.5. The van der Waals surface area contributed by atoms with Crippen LogP contribution in [0.25, 0.3) is 22.2 Å². The lowest BCUT2D eigenvalue weighted by molar-refractivity contribution is -0.115. The van der Waals surface area contributed by atoms with Crippen LogP contribution in [0, 0.1) is 6.92 Å². The Morgan fingerprint density at radius 1 is 0.871 bits per heavy atom. The van der Waals surface area contributed by atoms with Crippen molar-refractivity contribution in [2.24, 2.45) is 0 Å². The number of hydrogen-bond donors (Lipinski definition) is 2. The smallest absolute Gasteiger partial charge is 0.256 e. The summed E-state index contributed by atoms with van der Waals surface area (Å²) in [5, 5.41) is 6.63. The first-order valence-electron chi connectivity index (χ1n) is 10.2. The second-order valence-corrected chi connectivity index (χ2v) is 7.32. The molecule has 2 amide bonds. The summed E-state index contributed by atoms with van der Waals surface area (Å²) in [6.07, 6.45) is 0.390. The molecule has 2 N–H and O–H groups in total. The molecule has 0 bridgehead atoms. The highest BCUT2D eigenvalue weighted by Gasteiger charge is 2.15. The van der Waals surface area contributed by atoms with Crippen molar-refractivity contribution in [3.05, 3.63) is 90.0 Å². The van der Waals surface area contributed by atoms with Gasteiger partial charge in [-0.25, -0.2) is 4.98 Å². The SMILES string of the molecule is CCC(=O)Nc1ccc(C)c(NC(=O)c2cc(-c3ccccc3)nc3ccccc23)c1. The van der Waals surface area contributed by atoms with Gasteiger partial charge in [0.15, 0.2) is 0 Å². The summed E-state index contributed by atoms with van der Waals surface area (Å²) in [4.78, 5) is 29.8. The third kappa shape index (κ3) is 4.46. The first-order valence-corrected chi connectivity index (χ1v) is 10.2. The summed E-state index contributed by atoms with van der Waals surface area (Å²) in [6.45, 7) is 3.71. The van der Waals surface area contributed by atoms with Crippen LogP contribution in [-0.4, -0.2) is 16.8 Å². The monoisotopic (exact) mass is 409 g/mol. The standard InChI is InChI=1S/C26H23N3O2/c1-3-25(30)27-19-14-13-17(2)23(15-19)29-26(31)21-16-24(18-9-5-4-6-10-18)28-22-12-8-7-11-20(21)22/h4-16H,3H2,1-2H3,(H,27,30)(H,29,31). The quantitative estimate of drug-likeness (QED) is 0.437. The van der Waals surface area contributed by atoms with E-state index in [1.807, 2.05) is 79.7 Å². The fourth-order valence-electron chi connectivity index (χ4n) is 3.39. The Morgan fingerprint density at radius 2 is 1.61 bits per heavy atom. The van der Waals surface area contributed by atoms with Gasteiger partial charge in [-0.15, -0.1) is 0 Å². The zero-order valence-electron chi connectivity index (χ0n) is 17.5. The van der Waals surface area contributed by atoms with Gasteiger partial charge in [0.1, 0.15) is 0 Å². The number of aromatic nitrogens is 1. The molecule has 4 rings (SSSR count). The van der Waals surface area contributed by atoms with Crippen molar-refractivity contribution in [3.8, 4) is 11.3 Å². The van der Waals surface area contributed by atoms with Gasteiger partial charge in [0.05, 0.1) is 16.8 Å².